The molecule has 0 radical (unpaired) electrons. The van der Waals surface area contributed by atoms with Crippen LogP contribution in [0.5, 0.6) is 0 Å². The van der Waals surface area contributed by atoms with E-state index in [1.165, 1.54) is 29.2 Å². The summed E-state index contributed by atoms with van der Waals surface area (Å²) in [5, 5.41) is 9.56. The Balaban J connectivity index is 1.97. The number of carbonyl (C=O) groups excluding carboxylic acids is 3. The van der Waals surface area contributed by atoms with Gasteiger partial charge in [-0.3, -0.25) is 19.3 Å². The van der Waals surface area contributed by atoms with Crippen molar-refractivity contribution in [1.29, 1.82) is 0 Å². The van der Waals surface area contributed by atoms with Crippen LogP contribution in [0.25, 0.3) is 0 Å². The Kier molecular flexibility index (Phi) is 9.04. The second-order valence-electron chi connectivity index (χ2n) is 9.26. The van der Waals surface area contributed by atoms with Gasteiger partial charge in [0.2, 0.25) is 17.7 Å². The minimum atomic E-state index is -1.17. The highest BCUT2D eigenvalue weighted by molar-refractivity contribution is 6.31. The Hall–Kier alpha value is -3.72. The van der Waals surface area contributed by atoms with Gasteiger partial charge in [-0.25, -0.2) is 4.39 Å². The molecule has 196 valence electrons. The molecule has 2 aromatic carbocycles. The fraction of sp³-hybridized carbons (Fsp3) is 0.333. The molecule has 0 aliphatic carbocycles. The van der Waals surface area contributed by atoms with Crippen LogP contribution < -0.4 is 15.5 Å². The lowest BCUT2D eigenvalue weighted by Gasteiger charge is -2.35. The Morgan fingerprint density at radius 3 is 2.38 bits per heavy atom. The summed E-state index contributed by atoms with van der Waals surface area (Å²) >= 11 is 6.49. The summed E-state index contributed by atoms with van der Waals surface area (Å²) in [7, 11) is 0. The summed E-state index contributed by atoms with van der Waals surface area (Å²) < 4.78 is 18.7. The van der Waals surface area contributed by atoms with Gasteiger partial charge in [-0.1, -0.05) is 41.9 Å². The molecule has 0 unspecified atom stereocenters. The maximum atomic E-state index is 13.8. The number of nitrogens with one attached hydrogen (secondary N) is 2. The molecule has 0 saturated heterocycles. The van der Waals surface area contributed by atoms with Gasteiger partial charge in [0.25, 0.3) is 0 Å². The van der Waals surface area contributed by atoms with E-state index >= 15 is 0 Å². The van der Waals surface area contributed by atoms with Gasteiger partial charge in [-0.2, -0.15) is 0 Å². The van der Waals surface area contributed by atoms with E-state index in [4.69, 9.17) is 16.1 Å². The summed E-state index contributed by atoms with van der Waals surface area (Å²) in [5.41, 5.74) is 0.117. The molecule has 10 heteroatoms. The standard InChI is InChI=1S/C27H30ClFN4O4/c1-5-27(3,4)31-26(36)25(20-8-6-7-9-21(20)28)33(19-12-10-18(29)11-13-19)24(35)15-14-23(34)30-22-16-17(2)37-32-22/h6-13,16,25H,5,14-15H2,1-4H3,(H,31,36)(H,30,32,34)/t25-/m0/s1. The zero-order chi connectivity index (χ0) is 27.2. The van der Waals surface area contributed by atoms with Gasteiger partial charge < -0.3 is 15.2 Å². The Labute approximate surface area is 220 Å². The van der Waals surface area contributed by atoms with Crippen molar-refractivity contribution in [1.82, 2.24) is 10.5 Å². The third-order valence-electron chi connectivity index (χ3n) is 5.89. The van der Waals surface area contributed by atoms with E-state index < -0.39 is 35.1 Å². The first-order chi connectivity index (χ1) is 17.5. The summed E-state index contributed by atoms with van der Waals surface area (Å²) in [6, 6.07) is 12.3. The molecule has 0 fully saturated rings. The predicted molar refractivity (Wildman–Crippen MR) is 140 cm³/mol. The molecular formula is C27H30ClFN4O4. The summed E-state index contributed by atoms with van der Waals surface area (Å²) in [6.45, 7) is 7.36. The first-order valence-electron chi connectivity index (χ1n) is 11.9. The predicted octanol–water partition coefficient (Wildman–Crippen LogP) is 5.57. The van der Waals surface area contributed by atoms with Crippen LogP contribution in [0, 0.1) is 12.7 Å². The second-order valence-corrected chi connectivity index (χ2v) is 9.67. The fourth-order valence-corrected chi connectivity index (χ4v) is 3.83. The average Bonchev–Trinajstić information content (AvgIpc) is 3.26. The molecule has 2 N–H and O–H groups in total. The highest BCUT2D eigenvalue weighted by atomic mass is 35.5. The van der Waals surface area contributed by atoms with Crippen molar-refractivity contribution in [2.75, 3.05) is 10.2 Å². The lowest BCUT2D eigenvalue weighted by atomic mass is 9.98. The number of hydrogen-bond donors (Lipinski definition) is 2. The molecule has 3 amide bonds. The second kappa shape index (κ2) is 12.0. The molecule has 0 bridgehead atoms. The third-order valence-corrected chi connectivity index (χ3v) is 6.23. The minimum absolute atomic E-state index is 0.181. The Morgan fingerprint density at radius 2 is 1.78 bits per heavy atom. The SMILES string of the molecule is CCC(C)(C)NC(=O)[C@H](c1ccccc1Cl)N(C(=O)CCC(=O)Nc1cc(C)on1)c1ccc(F)cc1. The van der Waals surface area contributed by atoms with Crippen LogP contribution in [0.4, 0.5) is 15.9 Å². The highest BCUT2D eigenvalue weighted by Crippen LogP contribution is 2.33. The van der Waals surface area contributed by atoms with Crippen molar-refractivity contribution >= 4 is 40.8 Å². The van der Waals surface area contributed by atoms with Gasteiger partial charge >= 0.3 is 0 Å². The van der Waals surface area contributed by atoms with Gasteiger partial charge in [0.05, 0.1) is 0 Å². The van der Waals surface area contributed by atoms with Gasteiger partial charge in [0.15, 0.2) is 5.82 Å². The molecule has 1 aromatic heterocycles. The number of aromatic nitrogens is 1. The number of halogens is 2. The van der Waals surface area contributed by atoms with Gasteiger partial charge in [0, 0.05) is 40.7 Å². The van der Waals surface area contributed by atoms with E-state index in [1.54, 1.807) is 37.3 Å². The molecule has 0 aliphatic heterocycles. The largest absolute Gasteiger partial charge is 0.360 e. The lowest BCUT2D eigenvalue weighted by Crippen LogP contribution is -2.50. The van der Waals surface area contributed by atoms with Crippen LogP contribution in [-0.4, -0.2) is 28.4 Å². The average molecular weight is 529 g/mol. The summed E-state index contributed by atoms with van der Waals surface area (Å²) in [6.07, 6.45) is 0.228. The molecule has 0 aliphatic rings. The topological polar surface area (TPSA) is 105 Å². The Morgan fingerprint density at radius 1 is 1.11 bits per heavy atom. The molecule has 8 nitrogen and oxygen atoms in total. The molecule has 0 spiro atoms. The van der Waals surface area contributed by atoms with E-state index in [9.17, 15) is 18.8 Å². The van der Waals surface area contributed by atoms with Crippen molar-refractivity contribution in [3.05, 3.63) is 76.8 Å². The number of rotatable bonds is 10. The molecule has 3 rings (SSSR count). The van der Waals surface area contributed by atoms with E-state index in [-0.39, 0.29) is 29.4 Å². The van der Waals surface area contributed by atoms with Crippen LogP contribution >= 0.6 is 11.6 Å². The maximum Gasteiger partial charge on any atom is 0.248 e. The quantitative estimate of drug-likeness (QED) is 0.358. The van der Waals surface area contributed by atoms with Gasteiger partial charge in [-0.15, -0.1) is 0 Å². The molecule has 3 aromatic rings. The monoisotopic (exact) mass is 528 g/mol. The molecular weight excluding hydrogens is 499 g/mol. The van der Waals surface area contributed by atoms with E-state index in [0.29, 0.717) is 17.7 Å². The van der Waals surface area contributed by atoms with Gasteiger partial charge in [-0.05, 0) is 57.5 Å². The number of hydrogen-bond acceptors (Lipinski definition) is 5. The number of nitrogens with zero attached hydrogens (tertiary/aromatic N) is 2. The number of amides is 3. The molecule has 1 heterocycles. The lowest BCUT2D eigenvalue weighted by molar-refractivity contribution is -0.128. The first-order valence-corrected chi connectivity index (χ1v) is 12.3. The van der Waals surface area contributed by atoms with E-state index in [0.717, 1.165) is 0 Å². The molecule has 0 saturated carbocycles. The van der Waals surface area contributed by atoms with Crippen LogP contribution in [-0.2, 0) is 14.4 Å². The maximum absolute atomic E-state index is 13.8. The van der Waals surface area contributed by atoms with E-state index in [2.05, 4.69) is 15.8 Å². The molecule has 1 atom stereocenters. The van der Waals surface area contributed by atoms with Crippen LogP contribution in [0.2, 0.25) is 5.02 Å². The van der Waals surface area contributed by atoms with Crippen molar-refractivity contribution in [2.24, 2.45) is 0 Å². The fourth-order valence-electron chi connectivity index (χ4n) is 3.60. The summed E-state index contributed by atoms with van der Waals surface area (Å²) in [5.74, 6) is -1.17. The number of aryl methyl sites for hydroxylation is 1. The van der Waals surface area contributed by atoms with Crippen molar-refractivity contribution in [2.45, 2.75) is 58.5 Å². The number of carbonyl (C=O) groups is 3. The van der Waals surface area contributed by atoms with Crippen LogP contribution in [0.3, 0.4) is 0 Å². The summed E-state index contributed by atoms with van der Waals surface area (Å²) in [4.78, 5) is 41.1. The first kappa shape index (κ1) is 27.9. The van der Waals surface area contributed by atoms with Crippen LogP contribution in [0.15, 0.2) is 59.1 Å². The smallest absolute Gasteiger partial charge is 0.248 e. The zero-order valence-corrected chi connectivity index (χ0v) is 21.9. The number of anilines is 2. The van der Waals surface area contributed by atoms with Crippen molar-refractivity contribution < 1.29 is 23.3 Å². The van der Waals surface area contributed by atoms with Crippen molar-refractivity contribution in [3.8, 4) is 0 Å². The zero-order valence-electron chi connectivity index (χ0n) is 21.2. The normalized spacial score (nSPS) is 12.1. The van der Waals surface area contributed by atoms with Gasteiger partial charge in [0.1, 0.15) is 17.6 Å². The third kappa shape index (κ3) is 7.39. The molecule has 37 heavy (non-hydrogen) atoms. The Bertz CT molecular complexity index is 1260. The van der Waals surface area contributed by atoms with Crippen molar-refractivity contribution in [3.63, 3.8) is 0 Å². The number of benzene rings is 2. The minimum Gasteiger partial charge on any atom is -0.360 e. The highest BCUT2D eigenvalue weighted by Gasteiger charge is 2.36. The van der Waals surface area contributed by atoms with Crippen LogP contribution in [0.1, 0.15) is 57.4 Å². The van der Waals surface area contributed by atoms with E-state index in [1.807, 2.05) is 20.8 Å².